The Kier molecular flexibility index (Phi) is 12.1. The van der Waals surface area contributed by atoms with Gasteiger partial charge in [0.15, 0.2) is 10.8 Å². The number of nitrogens with zero attached hydrogens (tertiary/aromatic N) is 3. The number of esters is 1. The summed E-state index contributed by atoms with van der Waals surface area (Å²) in [5, 5.41) is 16.2. The molecule has 1 saturated heterocycles. The van der Waals surface area contributed by atoms with Gasteiger partial charge in [0.05, 0.1) is 0 Å². The number of anilines is 1. The molecule has 0 spiro atoms. The molecule has 2 rings (SSSR count). The number of nitrogens with one attached hydrogen (secondary N) is 1. The van der Waals surface area contributed by atoms with Crippen LogP contribution in [0.1, 0.15) is 29.3 Å². The topological polar surface area (TPSA) is 228 Å². The van der Waals surface area contributed by atoms with Crippen LogP contribution in [0.25, 0.3) is 0 Å². The van der Waals surface area contributed by atoms with E-state index in [9.17, 15) is 32.1 Å². The van der Waals surface area contributed by atoms with Crippen molar-refractivity contribution in [3.63, 3.8) is 0 Å². The van der Waals surface area contributed by atoms with Crippen LogP contribution in [0.15, 0.2) is 10.5 Å². The average Bonchev–Trinajstić information content (AvgIpc) is 3.07. The number of hydrogen-bond donors (Lipinski definition) is 4. The third-order valence-corrected chi connectivity index (χ3v) is 5.64. The van der Waals surface area contributed by atoms with Crippen LogP contribution in [0.5, 0.6) is 0 Å². The largest absolute Gasteiger partial charge is 1.00 e. The number of carboxylic acids is 1. The van der Waals surface area contributed by atoms with Crippen molar-refractivity contribution in [1.82, 2.24) is 14.6 Å². The molecular weight excluding hydrogens is 520 g/mol. The molecule has 2 atom stereocenters. The minimum absolute atomic E-state index is 0. The van der Waals surface area contributed by atoms with Gasteiger partial charge in [-0.15, -0.1) is 11.3 Å². The number of oxime groups is 1. The second kappa shape index (κ2) is 12.6. The number of aromatic nitrogens is 1. The van der Waals surface area contributed by atoms with E-state index in [4.69, 9.17) is 20.4 Å². The number of β-lactam (4-membered cyclic amide) rings is 1. The van der Waals surface area contributed by atoms with E-state index in [-0.39, 0.29) is 77.1 Å². The van der Waals surface area contributed by atoms with E-state index < -0.39 is 64.1 Å². The van der Waals surface area contributed by atoms with E-state index in [1.807, 2.05) is 0 Å². The Bertz CT molecular complexity index is 1100. The van der Waals surface area contributed by atoms with Gasteiger partial charge in [0.25, 0.3) is 11.8 Å². The molecule has 1 aliphatic heterocycles. The molecule has 0 unspecified atom stereocenters. The van der Waals surface area contributed by atoms with E-state index >= 15 is 0 Å². The van der Waals surface area contributed by atoms with E-state index in [2.05, 4.69) is 15.5 Å². The maximum absolute atomic E-state index is 12.8. The van der Waals surface area contributed by atoms with Crippen molar-refractivity contribution in [3.05, 3.63) is 11.1 Å². The van der Waals surface area contributed by atoms with Crippen molar-refractivity contribution >= 4 is 56.2 Å². The standard InChI is InChI=1S/C15H19N5O10S2.2Na.2H/c1-6(21)29-4-8-10(12(23)20(8)32(26,27)28)18-11(22)9(7-5-31-14(16)17-7)19-30-15(2,3)13(24)25;;;;/h5,8,10H,4H2,1-3H3,(H2,16,17)(H,18,22)(H,24,25)(H,26,27,28);;;;/q;2*+1;2*-1/b19-9+;;;;/t8-,10+;;;;/m0..../s1. The van der Waals surface area contributed by atoms with Crippen LogP contribution in [-0.2, 0) is 39.1 Å². The number of nitrogen functional groups attached to an aromatic ring is 1. The van der Waals surface area contributed by atoms with Crippen LogP contribution in [0, 0.1) is 0 Å². The third-order valence-electron chi connectivity index (χ3n) is 4.02. The van der Waals surface area contributed by atoms with E-state index in [0.717, 1.165) is 18.3 Å². The van der Waals surface area contributed by atoms with Gasteiger partial charge in [0.2, 0.25) is 5.60 Å². The van der Waals surface area contributed by atoms with Crippen LogP contribution < -0.4 is 70.2 Å². The van der Waals surface area contributed by atoms with Gasteiger partial charge in [-0.2, -0.15) is 8.42 Å². The first-order valence-corrected chi connectivity index (χ1v) is 10.9. The molecule has 19 heteroatoms. The molecule has 2 heterocycles. The molecule has 180 valence electrons. The molecule has 5 N–H and O–H groups in total. The molecule has 15 nitrogen and oxygen atoms in total. The molecule has 1 fully saturated rings. The number of rotatable bonds is 9. The summed E-state index contributed by atoms with van der Waals surface area (Å²) in [5.74, 6) is -4.49. The molecule has 1 aromatic heterocycles. The Morgan fingerprint density at radius 1 is 1.38 bits per heavy atom. The van der Waals surface area contributed by atoms with E-state index in [0.29, 0.717) is 0 Å². The van der Waals surface area contributed by atoms with Crippen molar-refractivity contribution in [2.45, 2.75) is 38.5 Å². The number of carbonyl (C=O) groups is 4. The Balaban J connectivity index is -0.00000272. The quantitative estimate of drug-likeness (QED) is 0.0571. The summed E-state index contributed by atoms with van der Waals surface area (Å²) in [4.78, 5) is 56.1. The smallest absolute Gasteiger partial charge is 1.00 e. The van der Waals surface area contributed by atoms with Crippen LogP contribution in [0.2, 0.25) is 0 Å². The van der Waals surface area contributed by atoms with Gasteiger partial charge in [-0.05, 0) is 13.8 Å². The van der Waals surface area contributed by atoms with Gasteiger partial charge in [0.1, 0.15) is 24.4 Å². The minimum atomic E-state index is -5.00. The third kappa shape index (κ3) is 7.85. The summed E-state index contributed by atoms with van der Waals surface area (Å²) >= 11 is 0.934. The van der Waals surface area contributed by atoms with Crippen LogP contribution in [-0.4, -0.2) is 81.1 Å². The number of hydrogen-bond acceptors (Lipinski definition) is 12. The Morgan fingerprint density at radius 3 is 2.41 bits per heavy atom. The van der Waals surface area contributed by atoms with Crippen LogP contribution in [0.4, 0.5) is 5.13 Å². The Morgan fingerprint density at radius 2 is 1.97 bits per heavy atom. The van der Waals surface area contributed by atoms with Crippen LogP contribution in [0.3, 0.4) is 0 Å². The molecule has 34 heavy (non-hydrogen) atoms. The molecule has 0 bridgehead atoms. The van der Waals surface area contributed by atoms with E-state index in [1.165, 1.54) is 19.2 Å². The predicted octanol–water partition coefficient (Wildman–Crippen LogP) is -7.40. The molecule has 0 radical (unpaired) electrons. The monoisotopic (exact) mass is 541 g/mol. The maximum Gasteiger partial charge on any atom is 1.00 e. The number of carbonyl (C=O) groups excluding carboxylic acids is 3. The number of nitrogens with two attached hydrogens (primary N) is 1. The SMILES string of the molecule is CC(=O)OC[C@H]1[C@@H](NC(=O)/C(=N/OC(C)(C)C(=O)O)c2csc(N)n2)C(=O)N1S(=O)(=O)O.[H-].[H-].[Na+].[Na+]. The zero-order chi connectivity index (χ0) is 24.4. The molecule has 2 amide bonds. The zero-order valence-corrected chi connectivity index (χ0v) is 24.5. The number of ether oxygens (including phenoxy) is 1. The Labute approximate surface area is 244 Å². The molecule has 0 aliphatic carbocycles. The van der Waals surface area contributed by atoms with Gasteiger partial charge in [-0.1, -0.05) is 5.16 Å². The first-order valence-electron chi connectivity index (χ1n) is 8.61. The second-order valence-corrected chi connectivity index (χ2v) is 9.03. The first-order chi connectivity index (χ1) is 14.6. The minimum Gasteiger partial charge on any atom is -1.00 e. The average molecular weight is 541 g/mol. The normalized spacial score (nSPS) is 18.1. The van der Waals surface area contributed by atoms with E-state index in [1.54, 1.807) is 0 Å². The van der Waals surface area contributed by atoms with Crippen molar-refractivity contribution in [2.75, 3.05) is 12.3 Å². The van der Waals surface area contributed by atoms with Gasteiger partial charge in [0, 0.05) is 12.3 Å². The molecule has 1 aromatic rings. The molecule has 0 saturated carbocycles. The zero-order valence-electron chi connectivity index (χ0n) is 20.8. The molecule has 0 aromatic carbocycles. The van der Waals surface area contributed by atoms with Crippen molar-refractivity contribution in [3.8, 4) is 0 Å². The van der Waals surface area contributed by atoms with Gasteiger partial charge < -0.3 is 28.6 Å². The number of thiazole rings is 1. The first kappa shape index (κ1) is 32.7. The van der Waals surface area contributed by atoms with Gasteiger partial charge >= 0.3 is 81.4 Å². The van der Waals surface area contributed by atoms with Crippen molar-refractivity contribution < 1.29 is 109 Å². The molecule has 1 aliphatic rings. The van der Waals surface area contributed by atoms with Gasteiger partial charge in [-0.3, -0.25) is 18.9 Å². The van der Waals surface area contributed by atoms with Crippen molar-refractivity contribution in [1.29, 1.82) is 0 Å². The fourth-order valence-corrected chi connectivity index (χ4v) is 3.75. The Hall–Kier alpha value is -1.31. The maximum atomic E-state index is 12.8. The predicted molar refractivity (Wildman–Crippen MR) is 109 cm³/mol. The summed E-state index contributed by atoms with van der Waals surface area (Å²) in [5.41, 5.74) is 3.04. The van der Waals surface area contributed by atoms with Gasteiger partial charge in [-0.25, -0.2) is 14.1 Å². The number of amides is 2. The number of aliphatic carboxylic acids is 1. The summed E-state index contributed by atoms with van der Waals surface area (Å²) in [6.45, 7) is 2.71. The number of carboxylic acid groups (broad SMARTS) is 1. The fourth-order valence-electron chi connectivity index (χ4n) is 2.34. The van der Waals surface area contributed by atoms with Crippen LogP contribution >= 0.6 is 11.3 Å². The summed E-state index contributed by atoms with van der Waals surface area (Å²) in [6.07, 6.45) is 0. The summed E-state index contributed by atoms with van der Waals surface area (Å²) < 4.78 is 36.8. The second-order valence-electron chi connectivity index (χ2n) is 6.85. The fraction of sp³-hybridized carbons (Fsp3) is 0.467. The summed E-state index contributed by atoms with van der Waals surface area (Å²) in [6, 6.07) is -2.97. The van der Waals surface area contributed by atoms with Crippen molar-refractivity contribution in [2.24, 2.45) is 5.16 Å². The molecular formula is C15H21N5Na2O10S2. The summed E-state index contributed by atoms with van der Waals surface area (Å²) in [7, 11) is -5.00.